The van der Waals surface area contributed by atoms with Crippen LogP contribution in [0, 0.1) is 46.3 Å². The highest BCUT2D eigenvalue weighted by atomic mass is 79.9. The first-order chi connectivity index (χ1) is 32.7. The number of halogens is 9. The molecule has 7 rings (SSSR count). The number of benzene rings is 1. The number of hydrogen-bond donors (Lipinski definition) is 6. The van der Waals surface area contributed by atoms with Gasteiger partial charge in [0.2, 0.25) is 17.8 Å². The summed E-state index contributed by atoms with van der Waals surface area (Å²) in [5, 5.41) is 47.8. The molecule has 6 aromatic heterocycles. The van der Waals surface area contributed by atoms with E-state index in [0.29, 0.717) is 51.8 Å². The number of nitrogens with two attached hydrogens (primary N) is 2. The molecule has 0 bridgehead atoms. The van der Waals surface area contributed by atoms with Crippen molar-refractivity contribution in [2.45, 2.75) is 20.4 Å². The average Bonchev–Trinajstić information content (AvgIpc) is 3.88. The fourth-order valence-electron chi connectivity index (χ4n) is 4.03. The number of anilines is 1. The lowest BCUT2D eigenvalue weighted by Gasteiger charge is -1.96. The molecule has 0 atom stereocenters. The molecule has 0 aliphatic carbocycles. The van der Waals surface area contributed by atoms with E-state index in [-0.39, 0.29) is 22.5 Å². The maximum absolute atomic E-state index is 12.7. The molecule has 0 aliphatic rings. The van der Waals surface area contributed by atoms with Crippen molar-refractivity contribution >= 4 is 128 Å². The molecular weight excluding hydrogens is 1220 g/mol. The third-order valence-corrected chi connectivity index (χ3v) is 9.82. The van der Waals surface area contributed by atoms with Crippen molar-refractivity contribution in [2.75, 3.05) is 12.3 Å². The first-order valence-corrected chi connectivity index (χ1v) is 22.5. The molecule has 0 unspecified atom stereocenters. The van der Waals surface area contributed by atoms with Gasteiger partial charge in [0.15, 0.2) is 16.4 Å². The van der Waals surface area contributed by atoms with E-state index >= 15 is 0 Å². The van der Waals surface area contributed by atoms with E-state index in [1.54, 1.807) is 29.1 Å². The Kier molecular flexibility index (Phi) is 28.5. The van der Waals surface area contributed by atoms with Crippen LogP contribution in [0.3, 0.4) is 0 Å². The molecule has 69 heavy (non-hydrogen) atoms. The third-order valence-electron chi connectivity index (χ3n) is 7.03. The van der Waals surface area contributed by atoms with Gasteiger partial charge in [-0.05, 0) is 119 Å². The summed E-state index contributed by atoms with van der Waals surface area (Å²) >= 11 is 19.4. The summed E-state index contributed by atoms with van der Waals surface area (Å²) in [5.74, 6) is -0.648. The topological polar surface area (TPSA) is 318 Å². The molecular formula is C40H32Br4ClF4N13O6S. The van der Waals surface area contributed by atoms with E-state index in [9.17, 15) is 22.4 Å². The molecule has 0 spiro atoms. The van der Waals surface area contributed by atoms with Gasteiger partial charge in [0.1, 0.15) is 39.9 Å². The minimum atomic E-state index is -1.82. The number of fused-ring (bicyclic) bond motifs is 1. The number of aldehydes is 1. The lowest BCUT2D eigenvalue weighted by molar-refractivity contribution is -0.159. The van der Waals surface area contributed by atoms with Gasteiger partial charge in [-0.2, -0.15) is 28.8 Å². The number of nitrogens with zero attached hydrogens (tertiary/aromatic N) is 10. The Bertz CT molecular complexity index is 2910. The van der Waals surface area contributed by atoms with Crippen LogP contribution >= 0.6 is 86.7 Å². The van der Waals surface area contributed by atoms with Crippen molar-refractivity contribution in [3.63, 3.8) is 0 Å². The quantitative estimate of drug-likeness (QED) is 0.0137. The first kappa shape index (κ1) is 60.6. The Balaban J connectivity index is 0.000000414. The number of oxime groups is 1. The Morgan fingerprint density at radius 3 is 1.78 bits per heavy atom. The van der Waals surface area contributed by atoms with Crippen LogP contribution in [0.15, 0.2) is 96.4 Å². The van der Waals surface area contributed by atoms with Crippen molar-refractivity contribution in [1.29, 1.82) is 10.5 Å². The zero-order valence-corrected chi connectivity index (χ0v) is 42.9. The Hall–Kier alpha value is -6.37. The molecule has 29 heteroatoms. The monoisotopic (exact) mass is 1250 g/mol. The molecule has 0 aliphatic heterocycles. The van der Waals surface area contributed by atoms with Gasteiger partial charge in [0.25, 0.3) is 0 Å². The molecule has 0 saturated heterocycles. The van der Waals surface area contributed by atoms with Gasteiger partial charge in [0.05, 0.1) is 22.7 Å². The highest BCUT2D eigenvalue weighted by Gasteiger charge is 2.12. The normalized spacial score (nSPS) is 9.65. The van der Waals surface area contributed by atoms with Gasteiger partial charge in [-0.1, -0.05) is 35.0 Å². The van der Waals surface area contributed by atoms with Crippen molar-refractivity contribution < 1.29 is 47.4 Å². The number of carboxylic acids is 2. The summed E-state index contributed by atoms with van der Waals surface area (Å²) in [7, 11) is 0. The van der Waals surface area contributed by atoms with Crippen LogP contribution in [0.4, 0.5) is 23.4 Å². The molecule has 19 nitrogen and oxygen atoms in total. The van der Waals surface area contributed by atoms with Crippen LogP contribution in [0.1, 0.15) is 40.2 Å². The van der Waals surface area contributed by atoms with Crippen LogP contribution in [-0.2, 0) is 16.1 Å². The number of pyridine rings is 4. The number of aromatic nitrogens is 7. The number of hydrogen-bond acceptors (Lipinski definition) is 17. The molecule has 7 aromatic rings. The summed E-state index contributed by atoms with van der Waals surface area (Å²) in [6, 6.07) is 15.6. The maximum Gasteiger partial charge on any atom is 0.414 e. The first-order valence-electron chi connectivity index (χ1n) is 18.2. The second-order valence-corrected chi connectivity index (χ2v) is 16.9. The largest absolute Gasteiger partial charge is 0.473 e. The SMILES string of the molecule is CCNN.CCn1nc2ncc(Br)cc2c1N.N#Cc1cc(Br)cnc1F.N#Cc1sc(Cl)nc1-c1ccc(F)cc1.O/N=C\c1cc(Br)cnc1F.O=C(O)C(=O)O.O=Cc1cc(Br)cnc1F. The molecule has 6 heterocycles. The minimum absolute atomic E-state index is 0.0330. The average molecular weight is 1250 g/mol. The van der Waals surface area contributed by atoms with Gasteiger partial charge >= 0.3 is 11.9 Å². The molecule has 0 amide bonds. The number of nitrogens with one attached hydrogen (secondary N) is 1. The maximum atomic E-state index is 12.7. The zero-order chi connectivity index (χ0) is 52.2. The van der Waals surface area contributed by atoms with Gasteiger partial charge in [-0.15, -0.1) is 0 Å². The van der Waals surface area contributed by atoms with Gasteiger partial charge in [-0.3, -0.25) is 16.1 Å². The second-order valence-electron chi connectivity index (χ2n) is 11.7. The van der Waals surface area contributed by atoms with Crippen molar-refractivity contribution in [3.8, 4) is 23.4 Å². The lowest BCUT2D eigenvalue weighted by Crippen LogP contribution is -2.20. The molecule has 0 fully saturated rings. The summed E-state index contributed by atoms with van der Waals surface area (Å²) < 4.78 is 54.9. The van der Waals surface area contributed by atoms with Gasteiger partial charge in [0, 0.05) is 61.3 Å². The standard InChI is InChI=1S/C10H4ClFN2S.C8H9BrN4.C6H4BrFN2O.C6H2BrFN2.C6H3BrFNO.C2H8N2.C2H2O4/c11-10-14-9(8(5-13)15-10)6-1-3-7(12)4-2-6;1-2-13-7(10)6-3-5(9)4-11-8(6)12-13;7-5-1-4(2-10-11)6(8)9-3-5;7-5-1-4(2-9)6(8)10-3-5;7-5-1-4(3-10)6(8)9-2-5;1-2-4-3;3-1(4)2(5)6/h1-4H;3-4H,2,10H2,1H3;1-3,11H;1,3H;1-3H;4H,2-3H2,1H3;(H,3,4)(H,5,6)/b;;10-2-;;;;. The third kappa shape index (κ3) is 22.1. The number of nitrogen functional groups attached to an aromatic ring is 1. The van der Waals surface area contributed by atoms with E-state index in [1.807, 2.05) is 26.0 Å². The summed E-state index contributed by atoms with van der Waals surface area (Å²) in [5.41, 5.74) is 10.2. The van der Waals surface area contributed by atoms with Crippen LogP contribution in [-0.4, -0.2) is 81.1 Å². The summed E-state index contributed by atoms with van der Waals surface area (Å²) in [6.45, 7) is 5.55. The van der Waals surface area contributed by atoms with Crippen LogP contribution < -0.4 is 17.0 Å². The number of aliphatic carboxylic acids is 2. The number of nitriles is 2. The molecule has 0 saturated carbocycles. The predicted molar refractivity (Wildman–Crippen MR) is 261 cm³/mol. The fraction of sp³-hybridized carbons (Fsp3) is 0.100. The summed E-state index contributed by atoms with van der Waals surface area (Å²) in [4.78, 5) is 46.9. The summed E-state index contributed by atoms with van der Waals surface area (Å²) in [6.07, 6.45) is 7.04. The number of rotatable bonds is 5. The molecule has 0 radical (unpaired) electrons. The zero-order valence-electron chi connectivity index (χ0n) is 35.0. The number of thiazole rings is 1. The number of carbonyl (C=O) groups excluding carboxylic acids is 1. The fourth-order valence-corrected chi connectivity index (χ4v) is 6.32. The van der Waals surface area contributed by atoms with Crippen LogP contribution in [0.25, 0.3) is 22.3 Å². The highest BCUT2D eigenvalue weighted by molar-refractivity contribution is 9.11. The Morgan fingerprint density at radius 2 is 1.33 bits per heavy atom. The Morgan fingerprint density at radius 1 is 0.841 bits per heavy atom. The number of hydrazine groups is 1. The van der Waals surface area contributed by atoms with E-state index < -0.39 is 29.8 Å². The second kappa shape index (κ2) is 32.4. The van der Waals surface area contributed by atoms with Crippen molar-refractivity contribution in [2.24, 2.45) is 11.0 Å². The van der Waals surface area contributed by atoms with E-state index in [4.69, 9.17) is 58.7 Å². The van der Waals surface area contributed by atoms with Crippen LogP contribution in [0.2, 0.25) is 4.47 Å². The smallest absolute Gasteiger partial charge is 0.414 e. The number of aryl methyl sites for hydroxylation is 1. The van der Waals surface area contributed by atoms with E-state index in [1.165, 1.54) is 48.9 Å². The van der Waals surface area contributed by atoms with Gasteiger partial charge in [-0.25, -0.2) is 43.6 Å². The minimum Gasteiger partial charge on any atom is -0.473 e. The van der Waals surface area contributed by atoms with Crippen molar-refractivity contribution in [1.82, 2.24) is 40.1 Å². The van der Waals surface area contributed by atoms with Gasteiger partial charge < -0.3 is 21.2 Å². The number of carboxylic acid groups (broad SMARTS) is 2. The van der Waals surface area contributed by atoms with E-state index in [0.717, 1.165) is 40.5 Å². The molecule has 362 valence electrons. The Labute approximate surface area is 431 Å². The highest BCUT2D eigenvalue weighted by Crippen LogP contribution is 2.30. The predicted octanol–water partition coefficient (Wildman–Crippen LogP) is 9.34. The van der Waals surface area contributed by atoms with Crippen LogP contribution in [0.5, 0.6) is 0 Å². The molecule has 8 N–H and O–H groups in total. The van der Waals surface area contributed by atoms with E-state index in [2.05, 4.69) is 104 Å². The number of carbonyl (C=O) groups is 3. The lowest BCUT2D eigenvalue weighted by atomic mass is 10.1. The van der Waals surface area contributed by atoms with Crippen molar-refractivity contribution in [3.05, 3.63) is 141 Å². The molecule has 1 aromatic carbocycles.